The van der Waals surface area contributed by atoms with Gasteiger partial charge in [-0.25, -0.2) is 4.98 Å². The maximum absolute atomic E-state index is 6.14. The Balaban J connectivity index is 1.63. The first-order chi connectivity index (χ1) is 10.8. The van der Waals surface area contributed by atoms with Gasteiger partial charge in [-0.15, -0.1) is 11.3 Å². The number of benzene rings is 2. The molecule has 4 heteroatoms. The summed E-state index contributed by atoms with van der Waals surface area (Å²) >= 11 is 1.67. The first-order valence-electron chi connectivity index (χ1n) is 7.31. The SMILES string of the molecule is Cc1scnc1-c1ccc2c(c1)NCC(c1ccccc1)O2. The van der Waals surface area contributed by atoms with Gasteiger partial charge in [0, 0.05) is 10.4 Å². The second kappa shape index (κ2) is 5.46. The normalized spacial score (nSPS) is 16.5. The van der Waals surface area contributed by atoms with E-state index < -0.39 is 0 Å². The molecule has 2 heterocycles. The van der Waals surface area contributed by atoms with Crippen molar-refractivity contribution < 1.29 is 4.74 Å². The molecule has 1 aliphatic rings. The summed E-state index contributed by atoms with van der Waals surface area (Å²) in [6.07, 6.45) is 0.0561. The van der Waals surface area contributed by atoms with Gasteiger partial charge in [0.15, 0.2) is 0 Å². The number of rotatable bonds is 2. The Morgan fingerprint density at radius 1 is 1.18 bits per heavy atom. The number of nitrogens with zero attached hydrogens (tertiary/aromatic N) is 1. The van der Waals surface area contributed by atoms with Crippen LogP contribution in [-0.4, -0.2) is 11.5 Å². The van der Waals surface area contributed by atoms with Gasteiger partial charge in [0.25, 0.3) is 0 Å². The Bertz CT molecular complexity index is 798. The van der Waals surface area contributed by atoms with Gasteiger partial charge in [-0.05, 0) is 30.7 Å². The van der Waals surface area contributed by atoms with E-state index in [4.69, 9.17) is 4.74 Å². The molecule has 0 saturated heterocycles. The van der Waals surface area contributed by atoms with Crippen molar-refractivity contribution >= 4 is 17.0 Å². The summed E-state index contributed by atoms with van der Waals surface area (Å²) < 4.78 is 6.14. The van der Waals surface area contributed by atoms with E-state index in [0.717, 1.165) is 29.2 Å². The number of hydrogen-bond donors (Lipinski definition) is 1. The van der Waals surface area contributed by atoms with Crippen LogP contribution < -0.4 is 10.1 Å². The van der Waals surface area contributed by atoms with Gasteiger partial charge in [0.2, 0.25) is 0 Å². The fourth-order valence-electron chi connectivity index (χ4n) is 2.75. The third kappa shape index (κ3) is 2.35. The zero-order chi connectivity index (χ0) is 14.9. The maximum atomic E-state index is 6.14. The molecule has 0 spiro atoms. The van der Waals surface area contributed by atoms with Gasteiger partial charge in [0.1, 0.15) is 11.9 Å². The second-order valence-electron chi connectivity index (χ2n) is 5.37. The third-order valence-corrected chi connectivity index (χ3v) is 4.67. The molecule has 1 unspecified atom stereocenters. The number of fused-ring (bicyclic) bond motifs is 1. The molecule has 110 valence electrons. The lowest BCUT2D eigenvalue weighted by Gasteiger charge is -2.28. The molecular weight excluding hydrogens is 292 g/mol. The fraction of sp³-hybridized carbons (Fsp3) is 0.167. The lowest BCUT2D eigenvalue weighted by molar-refractivity contribution is 0.210. The molecular formula is C18H16N2OS. The van der Waals surface area contributed by atoms with Gasteiger partial charge >= 0.3 is 0 Å². The lowest BCUT2D eigenvalue weighted by atomic mass is 10.1. The molecule has 1 aliphatic heterocycles. The molecule has 0 fully saturated rings. The van der Waals surface area contributed by atoms with E-state index in [2.05, 4.69) is 41.5 Å². The topological polar surface area (TPSA) is 34.2 Å². The van der Waals surface area contributed by atoms with E-state index in [1.165, 1.54) is 10.4 Å². The van der Waals surface area contributed by atoms with Gasteiger partial charge in [-0.1, -0.05) is 30.3 Å². The van der Waals surface area contributed by atoms with Crippen molar-refractivity contribution in [1.82, 2.24) is 4.98 Å². The van der Waals surface area contributed by atoms with Crippen LogP contribution in [0.15, 0.2) is 54.0 Å². The van der Waals surface area contributed by atoms with Gasteiger partial charge < -0.3 is 10.1 Å². The molecule has 0 radical (unpaired) electrons. The first-order valence-corrected chi connectivity index (χ1v) is 8.19. The number of aromatic nitrogens is 1. The molecule has 3 aromatic rings. The molecule has 22 heavy (non-hydrogen) atoms. The van der Waals surface area contributed by atoms with E-state index >= 15 is 0 Å². The zero-order valence-electron chi connectivity index (χ0n) is 12.2. The summed E-state index contributed by atoms with van der Waals surface area (Å²) in [5, 5.41) is 3.48. The van der Waals surface area contributed by atoms with Crippen LogP contribution in [0.4, 0.5) is 5.69 Å². The van der Waals surface area contributed by atoms with E-state index in [9.17, 15) is 0 Å². The van der Waals surface area contributed by atoms with Crippen LogP contribution in [0.2, 0.25) is 0 Å². The Labute approximate surface area is 133 Å². The van der Waals surface area contributed by atoms with Crippen LogP contribution >= 0.6 is 11.3 Å². The number of thiazole rings is 1. The number of aryl methyl sites for hydroxylation is 1. The molecule has 1 N–H and O–H groups in total. The van der Waals surface area contributed by atoms with E-state index in [-0.39, 0.29) is 6.10 Å². The molecule has 0 amide bonds. The van der Waals surface area contributed by atoms with Crippen LogP contribution in [0, 0.1) is 6.92 Å². The maximum Gasteiger partial charge on any atom is 0.143 e. The molecule has 4 rings (SSSR count). The number of hydrogen-bond acceptors (Lipinski definition) is 4. The van der Waals surface area contributed by atoms with Crippen LogP contribution in [0.3, 0.4) is 0 Å². The minimum Gasteiger partial charge on any atom is -0.482 e. The van der Waals surface area contributed by atoms with E-state index in [1.54, 1.807) is 11.3 Å². The largest absolute Gasteiger partial charge is 0.482 e. The smallest absolute Gasteiger partial charge is 0.143 e. The number of nitrogens with one attached hydrogen (secondary N) is 1. The van der Waals surface area contributed by atoms with Crippen LogP contribution in [-0.2, 0) is 0 Å². The lowest BCUT2D eigenvalue weighted by Crippen LogP contribution is -2.23. The van der Waals surface area contributed by atoms with Gasteiger partial charge in [-0.3, -0.25) is 0 Å². The van der Waals surface area contributed by atoms with Crippen LogP contribution in [0.1, 0.15) is 16.5 Å². The highest BCUT2D eigenvalue weighted by Crippen LogP contribution is 2.37. The molecule has 0 bridgehead atoms. The highest BCUT2D eigenvalue weighted by Gasteiger charge is 2.21. The summed E-state index contributed by atoms with van der Waals surface area (Å²) in [7, 11) is 0. The average molecular weight is 308 g/mol. The fourth-order valence-corrected chi connectivity index (χ4v) is 3.35. The summed E-state index contributed by atoms with van der Waals surface area (Å²) in [6, 6.07) is 16.6. The Morgan fingerprint density at radius 2 is 2.05 bits per heavy atom. The molecule has 1 aromatic heterocycles. The molecule has 3 nitrogen and oxygen atoms in total. The van der Waals surface area contributed by atoms with Gasteiger partial charge in [-0.2, -0.15) is 0 Å². The van der Waals surface area contributed by atoms with Gasteiger partial charge in [0.05, 0.1) is 23.4 Å². The molecule has 2 aromatic carbocycles. The minimum atomic E-state index is 0.0561. The molecule has 1 atom stereocenters. The Hall–Kier alpha value is -2.33. The third-order valence-electron chi connectivity index (χ3n) is 3.92. The first kappa shape index (κ1) is 13.3. The predicted octanol–water partition coefficient (Wildman–Crippen LogP) is 4.66. The summed E-state index contributed by atoms with van der Waals surface area (Å²) in [6.45, 7) is 2.87. The number of anilines is 1. The van der Waals surface area contributed by atoms with Crippen molar-refractivity contribution in [2.45, 2.75) is 13.0 Å². The predicted molar refractivity (Wildman–Crippen MR) is 90.6 cm³/mol. The van der Waals surface area contributed by atoms with Crippen molar-refractivity contribution in [1.29, 1.82) is 0 Å². The van der Waals surface area contributed by atoms with Crippen molar-refractivity contribution in [3.05, 3.63) is 64.5 Å². The van der Waals surface area contributed by atoms with Crippen molar-refractivity contribution in [2.75, 3.05) is 11.9 Å². The van der Waals surface area contributed by atoms with Crippen molar-refractivity contribution in [2.24, 2.45) is 0 Å². The van der Waals surface area contributed by atoms with E-state index in [1.807, 2.05) is 29.8 Å². The van der Waals surface area contributed by atoms with E-state index in [0.29, 0.717) is 0 Å². The zero-order valence-corrected chi connectivity index (χ0v) is 13.1. The van der Waals surface area contributed by atoms with Crippen molar-refractivity contribution in [3.63, 3.8) is 0 Å². The van der Waals surface area contributed by atoms with Crippen LogP contribution in [0.5, 0.6) is 5.75 Å². The highest BCUT2D eigenvalue weighted by molar-refractivity contribution is 7.10. The second-order valence-corrected chi connectivity index (χ2v) is 6.43. The summed E-state index contributed by atoms with van der Waals surface area (Å²) in [4.78, 5) is 5.68. The standard InChI is InChI=1S/C18H16N2OS/c1-12-18(20-11-22-12)14-7-8-16-15(9-14)19-10-17(21-16)13-5-3-2-4-6-13/h2-9,11,17,19H,10H2,1H3. The molecule has 0 aliphatic carbocycles. The summed E-state index contributed by atoms with van der Waals surface area (Å²) in [5.74, 6) is 0.900. The Morgan fingerprint density at radius 3 is 2.82 bits per heavy atom. The van der Waals surface area contributed by atoms with Crippen LogP contribution in [0.25, 0.3) is 11.3 Å². The average Bonchev–Trinajstić information content (AvgIpc) is 3.01. The minimum absolute atomic E-state index is 0.0561. The summed E-state index contributed by atoms with van der Waals surface area (Å²) in [5.41, 5.74) is 6.31. The highest BCUT2D eigenvalue weighted by atomic mass is 32.1. The quantitative estimate of drug-likeness (QED) is 0.747. The Kier molecular flexibility index (Phi) is 3.31. The van der Waals surface area contributed by atoms with Crippen molar-refractivity contribution in [3.8, 4) is 17.0 Å². The monoisotopic (exact) mass is 308 g/mol. The molecule has 0 saturated carbocycles. The number of ether oxygens (including phenoxy) is 1.